The van der Waals surface area contributed by atoms with E-state index >= 15 is 0 Å². The van der Waals surface area contributed by atoms with E-state index < -0.39 is 0 Å². The minimum Gasteiger partial charge on any atom is -0.381 e. The molecule has 4 rings (SSSR count). The Bertz CT molecular complexity index is 628. The first-order valence-electron chi connectivity index (χ1n) is 8.70. The van der Waals surface area contributed by atoms with Crippen LogP contribution in [0.5, 0.6) is 0 Å². The van der Waals surface area contributed by atoms with Crippen molar-refractivity contribution >= 4 is 10.9 Å². The molecule has 1 aromatic carbocycles. The lowest BCUT2D eigenvalue weighted by Gasteiger charge is -2.32. The van der Waals surface area contributed by atoms with Crippen LogP contribution in [0.1, 0.15) is 24.8 Å². The maximum atomic E-state index is 6.09. The highest BCUT2D eigenvalue weighted by Gasteiger charge is 2.22. The lowest BCUT2D eigenvalue weighted by Crippen LogP contribution is -2.37. The lowest BCUT2D eigenvalue weighted by atomic mass is 10.1. The van der Waals surface area contributed by atoms with Crippen molar-refractivity contribution < 1.29 is 9.47 Å². The molecule has 1 atom stereocenters. The van der Waals surface area contributed by atoms with Gasteiger partial charge in [-0.2, -0.15) is 5.10 Å². The Kier molecular flexibility index (Phi) is 4.60. The molecule has 1 aromatic heterocycles. The molecule has 1 unspecified atom stereocenters. The fraction of sp³-hybridized carbons (Fsp3) is 0.611. The lowest BCUT2D eigenvalue weighted by molar-refractivity contribution is -0.0116. The van der Waals surface area contributed by atoms with Gasteiger partial charge in [0.2, 0.25) is 0 Å². The van der Waals surface area contributed by atoms with Crippen LogP contribution in [0.15, 0.2) is 24.4 Å². The molecule has 2 aliphatic rings. The smallest absolute Gasteiger partial charge is 0.0653 e. The summed E-state index contributed by atoms with van der Waals surface area (Å²) in [6, 6.07) is 6.57. The van der Waals surface area contributed by atoms with Crippen LogP contribution in [-0.4, -0.2) is 54.1 Å². The number of hydrogen-bond acceptors (Lipinski definition) is 4. The summed E-state index contributed by atoms with van der Waals surface area (Å²) in [5.74, 6) is 0.620. The normalized spacial score (nSPS) is 23.7. The molecule has 0 spiro atoms. The average molecular weight is 315 g/mol. The monoisotopic (exact) mass is 315 g/mol. The van der Waals surface area contributed by atoms with Gasteiger partial charge in [-0.05, 0) is 30.9 Å². The van der Waals surface area contributed by atoms with Crippen LogP contribution < -0.4 is 0 Å². The van der Waals surface area contributed by atoms with Crippen molar-refractivity contribution in [2.45, 2.75) is 31.9 Å². The number of fused-ring (bicyclic) bond motifs is 1. The summed E-state index contributed by atoms with van der Waals surface area (Å²) < 4.78 is 11.5. The maximum Gasteiger partial charge on any atom is 0.0653 e. The van der Waals surface area contributed by atoms with Gasteiger partial charge in [0.05, 0.1) is 31.0 Å². The minimum atomic E-state index is 0.432. The Hall–Kier alpha value is -1.43. The van der Waals surface area contributed by atoms with E-state index in [1.807, 2.05) is 6.20 Å². The molecule has 5 nitrogen and oxygen atoms in total. The quantitative estimate of drug-likeness (QED) is 0.921. The molecule has 0 saturated carbocycles. The van der Waals surface area contributed by atoms with Crippen molar-refractivity contribution in [1.29, 1.82) is 0 Å². The number of benzene rings is 1. The second-order valence-electron chi connectivity index (χ2n) is 6.83. The summed E-state index contributed by atoms with van der Waals surface area (Å²) in [4.78, 5) is 2.52. The number of hydrogen-bond donors (Lipinski definition) is 1. The largest absolute Gasteiger partial charge is 0.381 e. The van der Waals surface area contributed by atoms with Crippen molar-refractivity contribution in [2.75, 3.05) is 32.9 Å². The summed E-state index contributed by atoms with van der Waals surface area (Å²) in [6.45, 7) is 5.92. The van der Waals surface area contributed by atoms with Gasteiger partial charge in [-0.1, -0.05) is 12.1 Å². The van der Waals surface area contributed by atoms with Crippen molar-refractivity contribution in [3.05, 3.63) is 30.0 Å². The SMILES string of the molecule is c1cc2cn[nH]c2cc1CN1CCC(OCC2CCOC2)CC1. The number of H-pyrrole nitrogens is 1. The fourth-order valence-corrected chi connectivity index (χ4v) is 3.56. The number of rotatable bonds is 5. The number of aromatic nitrogens is 2. The number of nitrogens with one attached hydrogen (secondary N) is 1. The molecule has 23 heavy (non-hydrogen) atoms. The van der Waals surface area contributed by atoms with Gasteiger partial charge >= 0.3 is 0 Å². The van der Waals surface area contributed by atoms with Gasteiger partial charge in [-0.15, -0.1) is 0 Å². The first-order chi connectivity index (χ1) is 11.4. The molecule has 0 aliphatic carbocycles. The topological polar surface area (TPSA) is 50.4 Å². The van der Waals surface area contributed by atoms with Crippen molar-refractivity contribution in [3.8, 4) is 0 Å². The van der Waals surface area contributed by atoms with Crippen LogP contribution in [0, 0.1) is 5.92 Å². The molecule has 124 valence electrons. The molecule has 2 saturated heterocycles. The van der Waals surface area contributed by atoms with Gasteiger partial charge in [0.15, 0.2) is 0 Å². The molecule has 2 fully saturated rings. The predicted octanol–water partition coefficient (Wildman–Crippen LogP) is 2.58. The van der Waals surface area contributed by atoms with E-state index in [9.17, 15) is 0 Å². The van der Waals surface area contributed by atoms with Crippen molar-refractivity contribution in [2.24, 2.45) is 5.92 Å². The predicted molar refractivity (Wildman–Crippen MR) is 89.3 cm³/mol. The van der Waals surface area contributed by atoms with E-state index in [0.717, 1.165) is 64.2 Å². The number of aromatic amines is 1. The highest BCUT2D eigenvalue weighted by Crippen LogP contribution is 2.20. The summed E-state index contributed by atoms with van der Waals surface area (Å²) in [6.07, 6.45) is 5.74. The Morgan fingerprint density at radius 1 is 1.26 bits per heavy atom. The van der Waals surface area contributed by atoms with E-state index in [1.165, 1.54) is 10.9 Å². The second-order valence-corrected chi connectivity index (χ2v) is 6.83. The molecule has 5 heteroatoms. The first-order valence-corrected chi connectivity index (χ1v) is 8.70. The van der Waals surface area contributed by atoms with E-state index in [-0.39, 0.29) is 0 Å². The van der Waals surface area contributed by atoms with Gasteiger partial charge in [0.1, 0.15) is 0 Å². The van der Waals surface area contributed by atoms with Gasteiger partial charge in [-0.25, -0.2) is 0 Å². The highest BCUT2D eigenvalue weighted by molar-refractivity contribution is 5.78. The summed E-state index contributed by atoms with van der Waals surface area (Å²) in [5.41, 5.74) is 2.48. The molecular formula is C18H25N3O2. The molecule has 0 bridgehead atoms. The number of likely N-dealkylation sites (tertiary alicyclic amines) is 1. The second kappa shape index (κ2) is 6.99. The van der Waals surface area contributed by atoms with Gasteiger partial charge in [0, 0.05) is 37.5 Å². The molecular weight excluding hydrogens is 290 g/mol. The molecule has 2 aliphatic heterocycles. The van der Waals surface area contributed by atoms with Crippen LogP contribution in [0.2, 0.25) is 0 Å². The molecule has 3 heterocycles. The minimum absolute atomic E-state index is 0.432. The summed E-state index contributed by atoms with van der Waals surface area (Å²) in [5, 5.41) is 8.31. The zero-order valence-corrected chi connectivity index (χ0v) is 13.5. The van der Waals surface area contributed by atoms with Crippen LogP contribution >= 0.6 is 0 Å². The number of nitrogens with zero attached hydrogens (tertiary/aromatic N) is 2. The zero-order valence-electron chi connectivity index (χ0n) is 13.5. The van der Waals surface area contributed by atoms with Gasteiger partial charge in [-0.3, -0.25) is 10.00 Å². The Labute approximate surface area is 136 Å². The van der Waals surface area contributed by atoms with Crippen LogP contribution in [0.3, 0.4) is 0 Å². The fourth-order valence-electron chi connectivity index (χ4n) is 3.56. The maximum absolute atomic E-state index is 6.09. The number of ether oxygens (including phenoxy) is 2. The van der Waals surface area contributed by atoms with E-state index in [1.54, 1.807) is 0 Å². The number of piperidine rings is 1. The van der Waals surface area contributed by atoms with Crippen molar-refractivity contribution in [3.63, 3.8) is 0 Å². The van der Waals surface area contributed by atoms with Gasteiger partial charge < -0.3 is 9.47 Å². The Morgan fingerprint density at radius 2 is 2.17 bits per heavy atom. The Balaban J connectivity index is 1.24. The first kappa shape index (κ1) is 15.1. The third kappa shape index (κ3) is 3.74. The van der Waals surface area contributed by atoms with E-state index in [0.29, 0.717) is 12.0 Å². The zero-order chi connectivity index (χ0) is 15.5. The Morgan fingerprint density at radius 3 is 3.00 bits per heavy atom. The van der Waals surface area contributed by atoms with E-state index in [2.05, 4.69) is 33.3 Å². The molecule has 2 aromatic rings. The third-order valence-electron chi connectivity index (χ3n) is 5.04. The highest BCUT2D eigenvalue weighted by atomic mass is 16.5. The van der Waals surface area contributed by atoms with Crippen LogP contribution in [-0.2, 0) is 16.0 Å². The summed E-state index contributed by atoms with van der Waals surface area (Å²) in [7, 11) is 0. The summed E-state index contributed by atoms with van der Waals surface area (Å²) >= 11 is 0. The van der Waals surface area contributed by atoms with E-state index in [4.69, 9.17) is 9.47 Å². The average Bonchev–Trinajstić information content (AvgIpc) is 3.25. The van der Waals surface area contributed by atoms with Crippen LogP contribution in [0.4, 0.5) is 0 Å². The molecule has 0 amide bonds. The standard InChI is InChI=1S/C18H25N3O2/c1-2-16-10-19-20-18(16)9-14(1)11-21-6-3-17(4-7-21)23-13-15-5-8-22-12-15/h1-2,9-10,15,17H,3-8,11-13H2,(H,19,20). The molecule has 1 N–H and O–H groups in total. The van der Waals surface area contributed by atoms with Gasteiger partial charge in [0.25, 0.3) is 0 Å². The van der Waals surface area contributed by atoms with Crippen molar-refractivity contribution in [1.82, 2.24) is 15.1 Å². The molecule has 0 radical (unpaired) electrons. The third-order valence-corrected chi connectivity index (χ3v) is 5.04. The van der Waals surface area contributed by atoms with Crippen LogP contribution in [0.25, 0.3) is 10.9 Å².